The second-order valence-electron chi connectivity index (χ2n) is 7.55. The van der Waals surface area contributed by atoms with Crippen LogP contribution in [0.1, 0.15) is 52.9 Å². The topological polar surface area (TPSA) is 231 Å². The number of hydrogen-bond acceptors (Lipinski definition) is 7. The standard InChI is InChI=1S/C19H33N5O8/c1-4-9(2)15(19(31)32)24-18(30)12(6-7-13(21)25)23-16(28)10(3)22-17(29)11(20)5-8-14(26)27/h9-12,15H,4-8,20H2,1-3H3,(H2,21,25)(H,22,29)(H,23,28)(H,24,30)(H,26,27)(H,31,32). The number of carboxylic acids is 2. The van der Waals surface area contributed by atoms with Crippen molar-refractivity contribution >= 4 is 35.6 Å². The second-order valence-corrected chi connectivity index (χ2v) is 7.55. The summed E-state index contributed by atoms with van der Waals surface area (Å²) >= 11 is 0. The number of carbonyl (C=O) groups excluding carboxylic acids is 4. The van der Waals surface area contributed by atoms with Crippen molar-refractivity contribution in [2.75, 3.05) is 0 Å². The van der Waals surface area contributed by atoms with Gasteiger partial charge in [0.1, 0.15) is 18.1 Å². The molecule has 0 bridgehead atoms. The molecule has 0 spiro atoms. The molecule has 0 aromatic heterocycles. The molecule has 32 heavy (non-hydrogen) atoms. The fraction of sp³-hybridized carbons (Fsp3) is 0.684. The van der Waals surface area contributed by atoms with Crippen LogP contribution in [0.3, 0.4) is 0 Å². The molecule has 0 fully saturated rings. The van der Waals surface area contributed by atoms with Crippen LogP contribution in [-0.2, 0) is 28.8 Å². The van der Waals surface area contributed by atoms with Gasteiger partial charge in [-0.25, -0.2) is 4.79 Å². The average Bonchev–Trinajstić information content (AvgIpc) is 2.71. The minimum Gasteiger partial charge on any atom is -0.481 e. The van der Waals surface area contributed by atoms with Gasteiger partial charge in [-0.2, -0.15) is 0 Å². The van der Waals surface area contributed by atoms with Crippen LogP contribution >= 0.6 is 0 Å². The second kappa shape index (κ2) is 14.0. The van der Waals surface area contributed by atoms with E-state index in [9.17, 15) is 33.9 Å². The zero-order chi connectivity index (χ0) is 25.0. The highest BCUT2D eigenvalue weighted by Crippen LogP contribution is 2.09. The maximum absolute atomic E-state index is 12.6. The average molecular weight is 460 g/mol. The van der Waals surface area contributed by atoms with Gasteiger partial charge in [0.05, 0.1) is 6.04 Å². The van der Waals surface area contributed by atoms with Crippen molar-refractivity contribution in [1.29, 1.82) is 0 Å². The number of amides is 4. The van der Waals surface area contributed by atoms with Crippen LogP contribution in [0.25, 0.3) is 0 Å². The molecule has 0 radical (unpaired) electrons. The van der Waals surface area contributed by atoms with Gasteiger partial charge in [-0.3, -0.25) is 24.0 Å². The van der Waals surface area contributed by atoms with E-state index < -0.39 is 65.7 Å². The molecule has 182 valence electrons. The summed E-state index contributed by atoms with van der Waals surface area (Å²) in [6, 6.07) is -4.78. The Hall–Kier alpha value is -3.22. The van der Waals surface area contributed by atoms with Gasteiger partial charge in [-0.05, 0) is 25.7 Å². The first-order valence-corrected chi connectivity index (χ1v) is 10.2. The van der Waals surface area contributed by atoms with E-state index in [2.05, 4.69) is 16.0 Å². The van der Waals surface area contributed by atoms with Gasteiger partial charge >= 0.3 is 11.9 Å². The number of carboxylic acid groups (broad SMARTS) is 2. The van der Waals surface area contributed by atoms with Gasteiger partial charge < -0.3 is 37.6 Å². The molecule has 0 aliphatic heterocycles. The Morgan fingerprint density at radius 3 is 1.91 bits per heavy atom. The summed E-state index contributed by atoms with van der Waals surface area (Å²) in [6.07, 6.45) is -0.420. The molecule has 0 aromatic rings. The van der Waals surface area contributed by atoms with Crippen molar-refractivity contribution in [3.05, 3.63) is 0 Å². The molecule has 0 aliphatic carbocycles. The van der Waals surface area contributed by atoms with E-state index in [4.69, 9.17) is 16.6 Å². The van der Waals surface area contributed by atoms with Gasteiger partial charge in [0.15, 0.2) is 0 Å². The fourth-order valence-electron chi connectivity index (χ4n) is 2.59. The maximum atomic E-state index is 12.6. The van der Waals surface area contributed by atoms with E-state index in [0.29, 0.717) is 6.42 Å². The van der Waals surface area contributed by atoms with E-state index in [-0.39, 0.29) is 25.7 Å². The lowest BCUT2D eigenvalue weighted by atomic mass is 9.98. The minimum absolute atomic E-state index is 0.134. The highest BCUT2D eigenvalue weighted by atomic mass is 16.4. The third kappa shape index (κ3) is 10.7. The van der Waals surface area contributed by atoms with Crippen LogP contribution in [0.15, 0.2) is 0 Å². The first-order valence-electron chi connectivity index (χ1n) is 10.2. The smallest absolute Gasteiger partial charge is 0.326 e. The van der Waals surface area contributed by atoms with Crippen LogP contribution in [-0.4, -0.2) is 69.9 Å². The van der Waals surface area contributed by atoms with Crippen LogP contribution in [0, 0.1) is 5.92 Å². The number of nitrogens with one attached hydrogen (secondary N) is 3. The third-order valence-electron chi connectivity index (χ3n) is 4.85. The maximum Gasteiger partial charge on any atom is 0.326 e. The summed E-state index contributed by atoms with van der Waals surface area (Å²) in [7, 11) is 0. The zero-order valence-electron chi connectivity index (χ0n) is 18.4. The number of carbonyl (C=O) groups is 6. The molecule has 0 saturated carbocycles. The largest absolute Gasteiger partial charge is 0.481 e. The number of rotatable bonds is 15. The Balaban J connectivity index is 5.18. The summed E-state index contributed by atoms with van der Waals surface area (Å²) in [6.45, 7) is 4.71. The van der Waals surface area contributed by atoms with Crippen LogP contribution in [0.5, 0.6) is 0 Å². The quantitative estimate of drug-likeness (QED) is 0.144. The molecule has 13 nitrogen and oxygen atoms in total. The normalized spacial score (nSPS) is 15.4. The summed E-state index contributed by atoms with van der Waals surface area (Å²) in [5.41, 5.74) is 10.7. The molecule has 13 heteroatoms. The molecule has 0 heterocycles. The van der Waals surface area contributed by atoms with E-state index >= 15 is 0 Å². The van der Waals surface area contributed by atoms with Crippen molar-refractivity contribution in [2.45, 2.75) is 77.0 Å². The molecule has 5 atom stereocenters. The predicted molar refractivity (Wildman–Crippen MR) is 112 cm³/mol. The van der Waals surface area contributed by atoms with Gasteiger partial charge in [0.25, 0.3) is 0 Å². The first-order chi connectivity index (χ1) is 14.8. The molecule has 0 saturated heterocycles. The minimum atomic E-state index is -1.28. The SMILES string of the molecule is CCC(C)C(NC(=O)C(CCC(N)=O)NC(=O)C(C)NC(=O)C(N)CCC(=O)O)C(=O)O. The molecule has 0 aliphatic rings. The van der Waals surface area contributed by atoms with Gasteiger partial charge in [-0.1, -0.05) is 20.3 Å². The Morgan fingerprint density at radius 2 is 1.44 bits per heavy atom. The van der Waals surface area contributed by atoms with Crippen LogP contribution < -0.4 is 27.4 Å². The lowest BCUT2D eigenvalue weighted by molar-refractivity contribution is -0.144. The molecule has 0 aromatic carbocycles. The monoisotopic (exact) mass is 459 g/mol. The van der Waals surface area contributed by atoms with E-state index in [1.165, 1.54) is 6.92 Å². The predicted octanol–water partition coefficient (Wildman–Crippen LogP) is -1.95. The van der Waals surface area contributed by atoms with Crippen LogP contribution in [0.4, 0.5) is 0 Å². The Bertz CT molecular complexity index is 714. The zero-order valence-corrected chi connectivity index (χ0v) is 18.4. The van der Waals surface area contributed by atoms with Crippen molar-refractivity contribution in [3.63, 3.8) is 0 Å². The van der Waals surface area contributed by atoms with E-state index in [0.717, 1.165) is 0 Å². The Morgan fingerprint density at radius 1 is 0.844 bits per heavy atom. The van der Waals surface area contributed by atoms with Gasteiger partial charge in [0, 0.05) is 12.8 Å². The summed E-state index contributed by atoms with van der Waals surface area (Å²) in [5, 5.41) is 25.0. The number of primary amides is 1. The van der Waals surface area contributed by atoms with E-state index in [1.54, 1.807) is 13.8 Å². The van der Waals surface area contributed by atoms with Crippen LogP contribution in [0.2, 0.25) is 0 Å². The highest BCUT2D eigenvalue weighted by Gasteiger charge is 2.31. The summed E-state index contributed by atoms with van der Waals surface area (Å²) < 4.78 is 0. The number of nitrogens with two attached hydrogens (primary N) is 2. The van der Waals surface area contributed by atoms with Gasteiger partial charge in [-0.15, -0.1) is 0 Å². The number of hydrogen-bond donors (Lipinski definition) is 7. The molecule has 0 rings (SSSR count). The fourth-order valence-corrected chi connectivity index (χ4v) is 2.59. The molecular weight excluding hydrogens is 426 g/mol. The molecule has 4 amide bonds. The molecular formula is C19H33N5O8. The van der Waals surface area contributed by atoms with Gasteiger partial charge in [0.2, 0.25) is 23.6 Å². The van der Waals surface area contributed by atoms with E-state index in [1.807, 2.05) is 0 Å². The summed E-state index contributed by atoms with van der Waals surface area (Å²) in [5.74, 6) is -5.85. The molecule has 5 unspecified atom stereocenters. The third-order valence-corrected chi connectivity index (χ3v) is 4.85. The first kappa shape index (κ1) is 28.8. The molecule has 9 N–H and O–H groups in total. The van der Waals surface area contributed by atoms with Crippen molar-refractivity contribution in [3.8, 4) is 0 Å². The van der Waals surface area contributed by atoms with Crippen molar-refractivity contribution in [2.24, 2.45) is 17.4 Å². The summed E-state index contributed by atoms with van der Waals surface area (Å²) in [4.78, 5) is 70.3. The lowest BCUT2D eigenvalue weighted by Crippen LogP contribution is -2.57. The van der Waals surface area contributed by atoms with Crippen molar-refractivity contribution in [1.82, 2.24) is 16.0 Å². The van der Waals surface area contributed by atoms with Crippen molar-refractivity contribution < 1.29 is 39.0 Å². The Kier molecular flexibility index (Phi) is 12.6. The number of aliphatic carboxylic acids is 2. The lowest BCUT2D eigenvalue weighted by Gasteiger charge is -2.25. The highest BCUT2D eigenvalue weighted by molar-refractivity contribution is 5.94. The Labute approximate surface area is 185 Å².